The Labute approximate surface area is 153 Å². The summed E-state index contributed by atoms with van der Waals surface area (Å²) in [5, 5.41) is 1.08. The molecular formula is C19H27N5O2. The lowest BCUT2D eigenvalue weighted by Crippen LogP contribution is -2.54. The van der Waals surface area contributed by atoms with E-state index < -0.39 is 0 Å². The summed E-state index contributed by atoms with van der Waals surface area (Å²) >= 11 is 0. The van der Waals surface area contributed by atoms with Gasteiger partial charge in [-0.3, -0.25) is 4.79 Å². The number of carbonyl (C=O) groups is 1. The van der Waals surface area contributed by atoms with Gasteiger partial charge in [-0.15, -0.1) is 0 Å². The molecule has 0 radical (unpaired) electrons. The molecule has 2 aliphatic heterocycles. The highest BCUT2D eigenvalue weighted by molar-refractivity contribution is 5.87. The lowest BCUT2D eigenvalue weighted by atomic mass is 9.73. The maximum Gasteiger partial charge on any atom is 0.222 e. The number of H-pyrrole nitrogens is 1. The highest BCUT2D eigenvalue weighted by Gasteiger charge is 2.42. The lowest BCUT2D eigenvalue weighted by Gasteiger charge is -2.48. The van der Waals surface area contributed by atoms with Crippen LogP contribution in [0.15, 0.2) is 18.6 Å². The van der Waals surface area contributed by atoms with E-state index in [0.29, 0.717) is 18.9 Å². The average molecular weight is 357 g/mol. The minimum Gasteiger partial charge on any atom is -0.385 e. The Hall–Kier alpha value is -2.15. The summed E-state index contributed by atoms with van der Waals surface area (Å²) in [5.74, 6) is 1.30. The monoisotopic (exact) mass is 357 g/mol. The Morgan fingerprint density at radius 3 is 3.12 bits per heavy atom. The number of hydrogen-bond donors (Lipinski definition) is 1. The third kappa shape index (κ3) is 3.28. The van der Waals surface area contributed by atoms with Gasteiger partial charge in [0.15, 0.2) is 0 Å². The number of aromatic nitrogens is 3. The fraction of sp³-hybridized carbons (Fsp3) is 0.632. The van der Waals surface area contributed by atoms with Crippen molar-refractivity contribution in [2.75, 3.05) is 44.8 Å². The highest BCUT2D eigenvalue weighted by Crippen LogP contribution is 2.40. The SMILES string of the molecule is COCCCN1CC2(CCCN(c3ncnc4[nH]ccc34)C2)CCC1=O. The summed E-state index contributed by atoms with van der Waals surface area (Å²) in [4.78, 5) is 28.8. The van der Waals surface area contributed by atoms with E-state index in [9.17, 15) is 4.79 Å². The van der Waals surface area contributed by atoms with Crippen molar-refractivity contribution in [3.63, 3.8) is 0 Å². The molecule has 0 saturated carbocycles. The fourth-order valence-corrected chi connectivity index (χ4v) is 4.54. The molecule has 140 valence electrons. The van der Waals surface area contributed by atoms with Crippen molar-refractivity contribution >= 4 is 22.8 Å². The van der Waals surface area contributed by atoms with E-state index in [1.54, 1.807) is 13.4 Å². The molecule has 1 atom stereocenters. The number of likely N-dealkylation sites (tertiary alicyclic amines) is 1. The largest absolute Gasteiger partial charge is 0.385 e. The van der Waals surface area contributed by atoms with Crippen LogP contribution in [0.5, 0.6) is 0 Å². The van der Waals surface area contributed by atoms with Crippen LogP contribution in [0.4, 0.5) is 5.82 Å². The molecule has 4 rings (SSSR count). The molecule has 7 nitrogen and oxygen atoms in total. The van der Waals surface area contributed by atoms with Crippen LogP contribution in [0.1, 0.15) is 32.1 Å². The van der Waals surface area contributed by atoms with Gasteiger partial charge in [0.25, 0.3) is 0 Å². The Morgan fingerprint density at radius 2 is 2.23 bits per heavy atom. The van der Waals surface area contributed by atoms with Crippen LogP contribution in [-0.4, -0.2) is 65.7 Å². The van der Waals surface area contributed by atoms with Gasteiger partial charge in [0.05, 0.1) is 5.39 Å². The van der Waals surface area contributed by atoms with Crippen molar-refractivity contribution in [2.45, 2.75) is 32.1 Å². The first-order chi connectivity index (χ1) is 12.7. The molecule has 7 heteroatoms. The van der Waals surface area contributed by atoms with Crippen molar-refractivity contribution in [1.29, 1.82) is 0 Å². The molecule has 4 heterocycles. The second-order valence-electron chi connectivity index (χ2n) is 7.62. The molecule has 2 saturated heterocycles. The van der Waals surface area contributed by atoms with Crippen molar-refractivity contribution in [3.05, 3.63) is 18.6 Å². The summed E-state index contributed by atoms with van der Waals surface area (Å²) in [5.41, 5.74) is 1.06. The number of nitrogens with zero attached hydrogens (tertiary/aromatic N) is 4. The Bertz CT molecular complexity index is 776. The number of methoxy groups -OCH3 is 1. The Kier molecular flexibility index (Phi) is 4.80. The van der Waals surface area contributed by atoms with Gasteiger partial charge in [0.2, 0.25) is 5.91 Å². The third-order valence-corrected chi connectivity index (χ3v) is 5.82. The molecule has 2 aromatic rings. The number of anilines is 1. The zero-order valence-corrected chi connectivity index (χ0v) is 15.4. The number of rotatable bonds is 5. The molecule has 1 unspecified atom stereocenters. The van der Waals surface area contributed by atoms with Gasteiger partial charge in [-0.2, -0.15) is 0 Å². The standard InChI is InChI=1S/C19H27N5O2/c1-26-11-3-10-23-12-19(7-4-16(23)25)6-2-9-24(13-19)18-15-5-8-20-17(15)21-14-22-18/h5,8,14H,2-4,6-7,9-13H2,1H3,(H,20,21,22). The predicted molar refractivity (Wildman–Crippen MR) is 100 cm³/mol. The smallest absolute Gasteiger partial charge is 0.222 e. The summed E-state index contributed by atoms with van der Waals surface area (Å²) in [6.45, 7) is 4.32. The third-order valence-electron chi connectivity index (χ3n) is 5.82. The van der Waals surface area contributed by atoms with Gasteiger partial charge in [-0.1, -0.05) is 0 Å². The van der Waals surface area contributed by atoms with Gasteiger partial charge >= 0.3 is 0 Å². The van der Waals surface area contributed by atoms with Crippen LogP contribution < -0.4 is 4.90 Å². The van der Waals surface area contributed by atoms with Crippen LogP contribution in [0.2, 0.25) is 0 Å². The van der Waals surface area contributed by atoms with E-state index in [4.69, 9.17) is 4.74 Å². The zero-order valence-electron chi connectivity index (χ0n) is 15.4. The molecular weight excluding hydrogens is 330 g/mol. The van der Waals surface area contributed by atoms with Crippen molar-refractivity contribution in [2.24, 2.45) is 5.41 Å². The Morgan fingerprint density at radius 1 is 1.31 bits per heavy atom. The number of carbonyl (C=O) groups excluding carboxylic acids is 1. The van der Waals surface area contributed by atoms with Crippen LogP contribution in [0.25, 0.3) is 11.0 Å². The van der Waals surface area contributed by atoms with Crippen LogP contribution >= 0.6 is 0 Å². The van der Waals surface area contributed by atoms with Crippen LogP contribution in [0, 0.1) is 5.41 Å². The average Bonchev–Trinajstić information content (AvgIpc) is 3.14. The second kappa shape index (κ2) is 7.23. The van der Waals surface area contributed by atoms with Crippen molar-refractivity contribution < 1.29 is 9.53 Å². The van der Waals surface area contributed by atoms with Gasteiger partial charge in [-0.25, -0.2) is 9.97 Å². The molecule has 2 aliphatic rings. The van der Waals surface area contributed by atoms with Crippen LogP contribution in [0.3, 0.4) is 0 Å². The number of piperidine rings is 2. The topological polar surface area (TPSA) is 74.3 Å². The molecule has 1 amide bonds. The van der Waals surface area contributed by atoms with E-state index in [1.807, 2.05) is 12.3 Å². The summed E-state index contributed by atoms with van der Waals surface area (Å²) in [7, 11) is 1.71. The Balaban J connectivity index is 1.52. The molecule has 0 bridgehead atoms. The van der Waals surface area contributed by atoms with E-state index in [0.717, 1.165) is 62.3 Å². The van der Waals surface area contributed by atoms with E-state index in [2.05, 4.69) is 24.8 Å². The maximum atomic E-state index is 12.4. The summed E-state index contributed by atoms with van der Waals surface area (Å²) in [6.07, 6.45) is 8.40. The van der Waals surface area contributed by atoms with Crippen LogP contribution in [-0.2, 0) is 9.53 Å². The predicted octanol–water partition coefficient (Wildman–Crippen LogP) is 2.20. The van der Waals surface area contributed by atoms with E-state index in [-0.39, 0.29) is 5.41 Å². The second-order valence-corrected chi connectivity index (χ2v) is 7.62. The summed E-state index contributed by atoms with van der Waals surface area (Å²) < 4.78 is 5.15. The molecule has 2 fully saturated rings. The van der Waals surface area contributed by atoms with Crippen molar-refractivity contribution in [1.82, 2.24) is 19.9 Å². The number of hydrogen-bond acceptors (Lipinski definition) is 5. The number of amides is 1. The van der Waals surface area contributed by atoms with Gasteiger partial charge in [0.1, 0.15) is 17.8 Å². The fourth-order valence-electron chi connectivity index (χ4n) is 4.54. The molecule has 1 spiro atoms. The van der Waals surface area contributed by atoms with E-state index >= 15 is 0 Å². The first-order valence-electron chi connectivity index (χ1n) is 9.51. The number of ether oxygens (including phenoxy) is 1. The number of aromatic amines is 1. The number of fused-ring (bicyclic) bond motifs is 1. The molecule has 26 heavy (non-hydrogen) atoms. The first kappa shape index (κ1) is 17.3. The summed E-state index contributed by atoms with van der Waals surface area (Å²) in [6, 6.07) is 2.05. The first-order valence-corrected chi connectivity index (χ1v) is 9.51. The van der Waals surface area contributed by atoms with Gasteiger partial charge < -0.3 is 19.5 Å². The zero-order chi connectivity index (χ0) is 18.0. The minimum absolute atomic E-state index is 0.173. The molecule has 1 N–H and O–H groups in total. The molecule has 0 aliphatic carbocycles. The van der Waals surface area contributed by atoms with E-state index in [1.165, 1.54) is 6.42 Å². The lowest BCUT2D eigenvalue weighted by molar-refractivity contribution is -0.138. The normalized spacial score (nSPS) is 24.0. The molecule has 2 aromatic heterocycles. The highest BCUT2D eigenvalue weighted by atomic mass is 16.5. The van der Waals surface area contributed by atoms with Gasteiger partial charge in [0, 0.05) is 57.9 Å². The maximum absolute atomic E-state index is 12.4. The van der Waals surface area contributed by atoms with Crippen molar-refractivity contribution in [3.8, 4) is 0 Å². The minimum atomic E-state index is 0.173. The number of nitrogens with one attached hydrogen (secondary N) is 1. The van der Waals surface area contributed by atoms with Gasteiger partial charge in [-0.05, 0) is 31.7 Å². The quantitative estimate of drug-likeness (QED) is 0.831. The molecule has 0 aromatic carbocycles.